The molecule has 1 aliphatic rings. The molecule has 2 aromatic heterocycles. The molecule has 1 atom stereocenters. The van der Waals surface area contributed by atoms with E-state index >= 15 is 0 Å². The average Bonchev–Trinajstić information content (AvgIpc) is 3.06. The van der Waals surface area contributed by atoms with E-state index in [1.807, 2.05) is 11.3 Å². The summed E-state index contributed by atoms with van der Waals surface area (Å²) in [7, 11) is 0. The lowest BCUT2D eigenvalue weighted by molar-refractivity contribution is -0.0630. The lowest BCUT2D eigenvalue weighted by Gasteiger charge is -2.35. The number of ether oxygens (including phenoxy) is 1. The van der Waals surface area contributed by atoms with E-state index < -0.39 is 0 Å². The number of thiophene rings is 2. The van der Waals surface area contributed by atoms with E-state index in [1.54, 1.807) is 11.3 Å². The Morgan fingerprint density at radius 3 is 3.05 bits per heavy atom. The molecule has 2 nitrogen and oxygen atoms in total. The van der Waals surface area contributed by atoms with Crippen molar-refractivity contribution in [2.75, 3.05) is 6.61 Å². The molecule has 1 aliphatic heterocycles. The molecule has 1 saturated heterocycles. The molecule has 2 aromatic rings. The van der Waals surface area contributed by atoms with Crippen LogP contribution in [0.2, 0.25) is 0 Å². The van der Waals surface area contributed by atoms with Crippen molar-refractivity contribution in [2.24, 2.45) is 0 Å². The van der Waals surface area contributed by atoms with Gasteiger partial charge in [0.25, 0.3) is 0 Å². The Balaban J connectivity index is 1.56. The van der Waals surface area contributed by atoms with Crippen LogP contribution >= 0.6 is 22.7 Å². The summed E-state index contributed by atoms with van der Waals surface area (Å²) < 4.78 is 5.76. The zero-order chi connectivity index (χ0) is 14.0. The Kier molecular flexibility index (Phi) is 4.26. The van der Waals surface area contributed by atoms with Gasteiger partial charge in [0.15, 0.2) is 0 Å². The van der Waals surface area contributed by atoms with Gasteiger partial charge in [-0.25, -0.2) is 0 Å². The highest BCUT2D eigenvalue weighted by Crippen LogP contribution is 2.29. The largest absolute Gasteiger partial charge is 0.375 e. The van der Waals surface area contributed by atoms with E-state index in [-0.39, 0.29) is 5.60 Å². The SMILES string of the molecule is CC1(C)CC(NCc2cc(-c3cccs3)cs2)CCO1. The monoisotopic (exact) mass is 307 g/mol. The topological polar surface area (TPSA) is 21.3 Å². The molecule has 3 heterocycles. The first-order chi connectivity index (χ1) is 9.62. The number of hydrogen-bond donors (Lipinski definition) is 1. The molecule has 3 rings (SSSR count). The molecule has 4 heteroatoms. The summed E-state index contributed by atoms with van der Waals surface area (Å²) in [5, 5.41) is 8.08. The molecule has 1 unspecified atom stereocenters. The van der Waals surface area contributed by atoms with Gasteiger partial charge in [-0.15, -0.1) is 22.7 Å². The molecule has 0 aliphatic carbocycles. The first-order valence-corrected chi connectivity index (χ1v) is 8.87. The Bertz CT molecular complexity index is 545. The molecular formula is C16H21NOS2. The maximum atomic E-state index is 5.76. The summed E-state index contributed by atoms with van der Waals surface area (Å²) in [6, 6.07) is 7.18. The third-order valence-electron chi connectivity index (χ3n) is 3.72. The van der Waals surface area contributed by atoms with E-state index in [2.05, 4.69) is 48.1 Å². The van der Waals surface area contributed by atoms with Crippen LogP contribution in [-0.2, 0) is 11.3 Å². The molecule has 0 amide bonds. The second kappa shape index (κ2) is 5.98. The highest BCUT2D eigenvalue weighted by Gasteiger charge is 2.28. The summed E-state index contributed by atoms with van der Waals surface area (Å²) in [4.78, 5) is 2.78. The van der Waals surface area contributed by atoms with Crippen molar-refractivity contribution in [1.29, 1.82) is 0 Å². The average molecular weight is 307 g/mol. The minimum atomic E-state index is 0.0213. The Hall–Kier alpha value is -0.680. The zero-order valence-corrected chi connectivity index (χ0v) is 13.7. The van der Waals surface area contributed by atoms with E-state index in [0.717, 1.165) is 26.0 Å². The lowest BCUT2D eigenvalue weighted by atomic mass is 9.94. The summed E-state index contributed by atoms with van der Waals surface area (Å²) in [6.07, 6.45) is 2.21. The normalized spacial score (nSPS) is 22.0. The first-order valence-electron chi connectivity index (χ1n) is 7.11. The van der Waals surface area contributed by atoms with Crippen LogP contribution in [0.1, 0.15) is 31.6 Å². The van der Waals surface area contributed by atoms with Crippen LogP contribution < -0.4 is 5.32 Å². The van der Waals surface area contributed by atoms with Gasteiger partial charge >= 0.3 is 0 Å². The van der Waals surface area contributed by atoms with Gasteiger partial charge in [-0.1, -0.05) is 6.07 Å². The van der Waals surface area contributed by atoms with Gasteiger partial charge in [-0.2, -0.15) is 0 Å². The summed E-state index contributed by atoms with van der Waals surface area (Å²) in [5.74, 6) is 0. The van der Waals surface area contributed by atoms with E-state index in [9.17, 15) is 0 Å². The third kappa shape index (κ3) is 3.50. The van der Waals surface area contributed by atoms with Gasteiger partial charge in [0, 0.05) is 34.5 Å². The Morgan fingerprint density at radius 1 is 1.40 bits per heavy atom. The van der Waals surface area contributed by atoms with Crippen molar-refractivity contribution in [2.45, 2.75) is 44.9 Å². The highest BCUT2D eigenvalue weighted by molar-refractivity contribution is 7.14. The van der Waals surface area contributed by atoms with Crippen molar-refractivity contribution < 1.29 is 4.74 Å². The van der Waals surface area contributed by atoms with E-state index in [0.29, 0.717) is 6.04 Å². The predicted octanol–water partition coefficient (Wildman–Crippen LogP) is 4.52. The number of nitrogens with one attached hydrogen (secondary N) is 1. The number of hydrogen-bond acceptors (Lipinski definition) is 4. The van der Waals surface area contributed by atoms with Crippen molar-refractivity contribution in [3.05, 3.63) is 33.8 Å². The first kappa shape index (κ1) is 14.3. The van der Waals surface area contributed by atoms with Crippen LogP contribution in [0.15, 0.2) is 29.0 Å². The second-order valence-electron chi connectivity index (χ2n) is 5.96. The van der Waals surface area contributed by atoms with Gasteiger partial charge in [0.2, 0.25) is 0 Å². The highest BCUT2D eigenvalue weighted by atomic mass is 32.1. The molecule has 20 heavy (non-hydrogen) atoms. The maximum Gasteiger partial charge on any atom is 0.0641 e. The van der Waals surface area contributed by atoms with Crippen LogP contribution in [0, 0.1) is 0 Å². The Morgan fingerprint density at radius 2 is 2.30 bits per heavy atom. The van der Waals surface area contributed by atoms with Gasteiger partial charge in [0.05, 0.1) is 5.60 Å². The fourth-order valence-electron chi connectivity index (χ4n) is 2.70. The van der Waals surface area contributed by atoms with Crippen molar-refractivity contribution in [3.63, 3.8) is 0 Å². The molecule has 0 saturated carbocycles. The molecule has 1 fully saturated rings. The molecule has 0 bridgehead atoms. The molecule has 0 aromatic carbocycles. The van der Waals surface area contributed by atoms with Crippen molar-refractivity contribution in [3.8, 4) is 10.4 Å². The van der Waals surface area contributed by atoms with Crippen molar-refractivity contribution >= 4 is 22.7 Å². The fraction of sp³-hybridized carbons (Fsp3) is 0.500. The lowest BCUT2D eigenvalue weighted by Crippen LogP contribution is -2.43. The molecular weight excluding hydrogens is 286 g/mol. The van der Waals surface area contributed by atoms with Crippen LogP contribution in [-0.4, -0.2) is 18.2 Å². The summed E-state index contributed by atoms with van der Waals surface area (Å²) in [5.41, 5.74) is 1.38. The fourth-order valence-corrected chi connectivity index (χ4v) is 4.32. The second-order valence-corrected chi connectivity index (χ2v) is 7.90. The van der Waals surface area contributed by atoms with Crippen LogP contribution in [0.5, 0.6) is 0 Å². The number of rotatable bonds is 4. The molecule has 108 valence electrons. The van der Waals surface area contributed by atoms with E-state index in [1.165, 1.54) is 15.3 Å². The van der Waals surface area contributed by atoms with Gasteiger partial charge in [-0.3, -0.25) is 0 Å². The van der Waals surface area contributed by atoms with Crippen LogP contribution in [0.3, 0.4) is 0 Å². The standard InChI is InChI=1S/C16H21NOS2/c1-16(2)9-13(5-6-18-16)17-10-14-8-12(11-20-14)15-4-3-7-19-15/h3-4,7-8,11,13,17H,5-6,9-10H2,1-2H3. The predicted molar refractivity (Wildman–Crippen MR) is 87.5 cm³/mol. The smallest absolute Gasteiger partial charge is 0.0641 e. The maximum absolute atomic E-state index is 5.76. The quantitative estimate of drug-likeness (QED) is 0.896. The molecule has 1 N–H and O–H groups in total. The Labute approximate surface area is 128 Å². The molecule has 0 spiro atoms. The zero-order valence-electron chi connectivity index (χ0n) is 12.0. The van der Waals surface area contributed by atoms with Crippen molar-refractivity contribution in [1.82, 2.24) is 5.32 Å². The minimum Gasteiger partial charge on any atom is -0.375 e. The van der Waals surface area contributed by atoms with Gasteiger partial charge in [-0.05, 0) is 49.6 Å². The van der Waals surface area contributed by atoms with Gasteiger partial charge in [0.1, 0.15) is 0 Å². The summed E-state index contributed by atoms with van der Waals surface area (Å²) in [6.45, 7) is 6.20. The summed E-state index contributed by atoms with van der Waals surface area (Å²) >= 11 is 3.65. The van der Waals surface area contributed by atoms with Crippen LogP contribution in [0.4, 0.5) is 0 Å². The van der Waals surface area contributed by atoms with Crippen LogP contribution in [0.25, 0.3) is 10.4 Å². The van der Waals surface area contributed by atoms with E-state index in [4.69, 9.17) is 4.74 Å². The minimum absolute atomic E-state index is 0.0213. The van der Waals surface area contributed by atoms with Gasteiger partial charge < -0.3 is 10.1 Å². The third-order valence-corrected chi connectivity index (χ3v) is 5.58. The molecule has 0 radical (unpaired) electrons.